The summed E-state index contributed by atoms with van der Waals surface area (Å²) in [5.74, 6) is 0.171. The number of hydrogen-bond acceptors (Lipinski definition) is 7. The van der Waals surface area contributed by atoms with Crippen molar-refractivity contribution >= 4 is 40.6 Å². The molecule has 1 aromatic carbocycles. The highest BCUT2D eigenvalue weighted by molar-refractivity contribution is 9.10. The molecule has 2 aliphatic rings. The monoisotopic (exact) mass is 800 g/mol. The van der Waals surface area contributed by atoms with E-state index in [0.717, 1.165) is 65.8 Å². The lowest BCUT2D eigenvalue weighted by Gasteiger charge is -2.55. The molecule has 3 rings (SSSR count). The Balaban J connectivity index is 1.86. The summed E-state index contributed by atoms with van der Waals surface area (Å²) in [6, 6.07) is 12.6. The number of halogens is 1. The summed E-state index contributed by atoms with van der Waals surface area (Å²) >= 11 is 3.65. The van der Waals surface area contributed by atoms with Crippen LogP contribution in [0.25, 0.3) is 0 Å². The molecule has 5 atom stereocenters. The molecule has 0 radical (unpaired) electrons. The SMILES string of the molecule is C/C=C(/C[C@H]1C[C@](C)(O[Si](CC)(CC)CC)C[C@@]2(C[C@@H](OCOCC[Si](C)(C)C)C[C@H](CCOCc3ccccc3Br)O2)O1)O[Si](C)(C)C. The lowest BCUT2D eigenvalue weighted by atomic mass is 9.81. The average Bonchev–Trinajstić information content (AvgIpc) is 3.00. The van der Waals surface area contributed by atoms with Gasteiger partial charge < -0.3 is 32.5 Å². The van der Waals surface area contributed by atoms with E-state index in [1.54, 1.807) is 0 Å². The smallest absolute Gasteiger partial charge is 0.241 e. The third-order valence-electron chi connectivity index (χ3n) is 9.90. The third-order valence-corrected chi connectivity index (χ3v) is 18.0. The summed E-state index contributed by atoms with van der Waals surface area (Å²) in [6.07, 6.45) is 6.25. The molecule has 7 nitrogen and oxygen atoms in total. The normalized spacial score (nSPS) is 27.1. The van der Waals surface area contributed by atoms with Crippen molar-refractivity contribution in [2.45, 2.75) is 173 Å². The van der Waals surface area contributed by atoms with E-state index in [9.17, 15) is 0 Å². The van der Waals surface area contributed by atoms with Gasteiger partial charge in [-0.3, -0.25) is 0 Å². The first kappa shape index (κ1) is 43.1. The maximum atomic E-state index is 7.40. The second-order valence-corrected chi connectivity index (χ2v) is 32.3. The first-order valence-corrected chi connectivity index (χ1v) is 29.3. The van der Waals surface area contributed by atoms with Crippen LogP contribution in [0.4, 0.5) is 0 Å². The Morgan fingerprint density at radius 3 is 2.22 bits per heavy atom. The summed E-state index contributed by atoms with van der Waals surface area (Å²) in [7, 11) is -4.92. The number of rotatable bonds is 20. The molecule has 11 heteroatoms. The molecule has 0 aliphatic carbocycles. The Morgan fingerprint density at radius 1 is 0.939 bits per heavy atom. The van der Waals surface area contributed by atoms with E-state index in [1.165, 1.54) is 0 Å². The molecule has 0 amide bonds. The van der Waals surface area contributed by atoms with E-state index in [0.29, 0.717) is 32.5 Å². The van der Waals surface area contributed by atoms with Crippen molar-refractivity contribution in [3.63, 3.8) is 0 Å². The molecule has 1 spiro atoms. The number of benzene rings is 1. The number of hydrogen-bond donors (Lipinski definition) is 0. The van der Waals surface area contributed by atoms with Gasteiger partial charge in [0.05, 0.1) is 36.3 Å². The van der Waals surface area contributed by atoms with Gasteiger partial charge in [-0.15, -0.1) is 0 Å². The van der Waals surface area contributed by atoms with Gasteiger partial charge in [0, 0.05) is 57.9 Å². The van der Waals surface area contributed by atoms with E-state index in [4.69, 9.17) is 32.5 Å². The van der Waals surface area contributed by atoms with Gasteiger partial charge in [-0.25, -0.2) is 0 Å². The highest BCUT2D eigenvalue weighted by atomic mass is 79.9. The molecule has 0 unspecified atom stereocenters. The Bertz CT molecular complexity index is 1160. The van der Waals surface area contributed by atoms with E-state index >= 15 is 0 Å². The molecule has 0 saturated carbocycles. The van der Waals surface area contributed by atoms with Crippen molar-refractivity contribution in [2.24, 2.45) is 0 Å². The van der Waals surface area contributed by atoms with Crippen LogP contribution in [0, 0.1) is 0 Å². The van der Waals surface area contributed by atoms with Gasteiger partial charge in [-0.2, -0.15) is 0 Å². The van der Waals surface area contributed by atoms with E-state index in [2.05, 4.69) is 108 Å². The van der Waals surface area contributed by atoms with E-state index in [-0.39, 0.29) is 30.7 Å². The Morgan fingerprint density at radius 2 is 1.61 bits per heavy atom. The predicted molar refractivity (Wildman–Crippen MR) is 213 cm³/mol. The summed E-state index contributed by atoms with van der Waals surface area (Å²) < 4.78 is 48.0. The minimum absolute atomic E-state index is 0.0538. The second kappa shape index (κ2) is 19.1. The molecular formula is C38H69BrO7Si3. The zero-order valence-corrected chi connectivity index (χ0v) is 37.3. The Labute approximate surface area is 310 Å². The quantitative estimate of drug-likeness (QED) is 0.0563. The minimum atomic E-state index is -1.94. The van der Waals surface area contributed by atoms with E-state index in [1.807, 2.05) is 12.1 Å². The zero-order valence-electron chi connectivity index (χ0n) is 32.8. The lowest BCUT2D eigenvalue weighted by molar-refractivity contribution is -0.353. The van der Waals surface area contributed by atoms with Gasteiger partial charge in [-0.1, -0.05) is 80.6 Å². The molecule has 1 aromatic rings. The molecule has 2 fully saturated rings. The number of allylic oxidation sites excluding steroid dienone is 1. The van der Waals surface area contributed by atoms with Crippen molar-refractivity contribution in [1.29, 1.82) is 0 Å². The lowest BCUT2D eigenvalue weighted by Crippen LogP contribution is -2.61. The summed E-state index contributed by atoms with van der Waals surface area (Å²) in [5.41, 5.74) is 0.758. The van der Waals surface area contributed by atoms with Crippen LogP contribution in [0.3, 0.4) is 0 Å². The predicted octanol–water partition coefficient (Wildman–Crippen LogP) is 11.0. The standard InChI is InChI=1S/C38H69BrO7Si3/c1-12-32(45-48(9,10)11)24-35-26-37(5,46-49(13-2,14-3)15-4)29-38(44-35)27-34(42-30-41-22-23-47(6,7)8)25-33(43-38)20-21-40-28-31-18-16-17-19-36(31)39/h12,16-19,33-35H,13-15,20-30H2,1-11H3/b32-12-/t33-,34-,35-,37-,38+/m0/s1. The largest absolute Gasteiger partial charge is 0.548 e. The molecule has 0 N–H and O–H groups in total. The van der Waals surface area contributed by atoms with Crippen LogP contribution in [-0.4, -0.2) is 74.4 Å². The zero-order chi connectivity index (χ0) is 36.3. The van der Waals surface area contributed by atoms with Crippen molar-refractivity contribution in [3.05, 3.63) is 46.1 Å². The highest BCUT2D eigenvalue weighted by Gasteiger charge is 2.55. The molecule has 2 aliphatic heterocycles. The van der Waals surface area contributed by atoms with Crippen LogP contribution in [0.15, 0.2) is 40.6 Å². The van der Waals surface area contributed by atoms with Crippen LogP contribution in [-0.2, 0) is 39.1 Å². The van der Waals surface area contributed by atoms with Crippen molar-refractivity contribution in [2.75, 3.05) is 20.0 Å². The molecule has 282 valence electrons. The van der Waals surface area contributed by atoms with Crippen LogP contribution in [0.2, 0.25) is 63.5 Å². The fourth-order valence-corrected chi connectivity index (χ4v) is 12.5. The van der Waals surface area contributed by atoms with Crippen LogP contribution < -0.4 is 0 Å². The molecule has 2 heterocycles. The first-order valence-electron chi connectivity index (χ1n) is 18.9. The fourth-order valence-electron chi connectivity index (χ4n) is 7.24. The molecular weight excluding hydrogens is 733 g/mol. The molecule has 2 saturated heterocycles. The van der Waals surface area contributed by atoms with Gasteiger partial charge >= 0.3 is 0 Å². The van der Waals surface area contributed by atoms with Crippen LogP contribution in [0.5, 0.6) is 0 Å². The minimum Gasteiger partial charge on any atom is -0.548 e. The molecule has 0 aromatic heterocycles. The van der Waals surface area contributed by atoms with Crippen molar-refractivity contribution in [3.8, 4) is 0 Å². The number of ether oxygens (including phenoxy) is 5. The molecule has 0 bridgehead atoms. The summed E-state index contributed by atoms with van der Waals surface area (Å²) in [4.78, 5) is 0. The van der Waals surface area contributed by atoms with Crippen molar-refractivity contribution in [1.82, 2.24) is 0 Å². The first-order chi connectivity index (χ1) is 23.0. The second-order valence-electron chi connectivity index (χ2n) is 16.7. The van der Waals surface area contributed by atoms with Crippen molar-refractivity contribution < 1.29 is 32.5 Å². The third kappa shape index (κ3) is 14.5. The van der Waals surface area contributed by atoms with Gasteiger partial charge in [0.1, 0.15) is 6.79 Å². The maximum Gasteiger partial charge on any atom is 0.241 e. The maximum absolute atomic E-state index is 7.40. The topological polar surface area (TPSA) is 64.6 Å². The Hall–Kier alpha value is -0.349. The summed E-state index contributed by atoms with van der Waals surface area (Å²) in [5, 5.41) is 0. The van der Waals surface area contributed by atoms with Gasteiger partial charge in [0.15, 0.2) is 14.1 Å². The van der Waals surface area contributed by atoms with Crippen LogP contribution in [0.1, 0.15) is 78.7 Å². The van der Waals surface area contributed by atoms with Gasteiger partial charge in [0.2, 0.25) is 8.32 Å². The van der Waals surface area contributed by atoms with Gasteiger partial charge in [-0.05, 0) is 75.7 Å². The van der Waals surface area contributed by atoms with Gasteiger partial charge in [0.25, 0.3) is 0 Å². The molecule has 49 heavy (non-hydrogen) atoms. The highest BCUT2D eigenvalue weighted by Crippen LogP contribution is 2.48. The average molecular weight is 802 g/mol. The summed E-state index contributed by atoms with van der Waals surface area (Å²) in [6.45, 7) is 27.3. The van der Waals surface area contributed by atoms with E-state index < -0.39 is 30.5 Å². The van der Waals surface area contributed by atoms with Crippen LogP contribution >= 0.6 is 15.9 Å². The fraction of sp³-hybridized carbons (Fsp3) is 0.789. The Kier molecular flexibility index (Phi) is 16.8.